The second-order valence-electron chi connectivity index (χ2n) is 3.11. The summed E-state index contributed by atoms with van der Waals surface area (Å²) in [6, 6.07) is 5.53. The molecule has 2 nitrogen and oxygen atoms in total. The fourth-order valence-corrected chi connectivity index (χ4v) is 3.51. The third-order valence-electron chi connectivity index (χ3n) is 2.05. The fourth-order valence-electron chi connectivity index (χ4n) is 1.37. The average Bonchev–Trinajstić information content (AvgIpc) is 2.56. The summed E-state index contributed by atoms with van der Waals surface area (Å²) in [6.45, 7) is 2.16. The van der Waals surface area contributed by atoms with E-state index in [4.69, 9.17) is 16.3 Å². The highest BCUT2D eigenvalue weighted by atomic mass is 79.9. The molecule has 1 aromatic carbocycles. The summed E-state index contributed by atoms with van der Waals surface area (Å²) in [7, 11) is 0. The molecule has 5 heteroatoms. The van der Waals surface area contributed by atoms with E-state index in [2.05, 4.69) is 15.9 Å². The van der Waals surface area contributed by atoms with E-state index >= 15 is 0 Å². The predicted molar refractivity (Wildman–Crippen MR) is 70.5 cm³/mol. The molecule has 1 heterocycles. The molecular formula is C11H8BrClO2S. The van der Waals surface area contributed by atoms with Crippen molar-refractivity contribution in [2.24, 2.45) is 0 Å². The Morgan fingerprint density at radius 2 is 2.31 bits per heavy atom. The van der Waals surface area contributed by atoms with Crippen LogP contribution in [-0.4, -0.2) is 12.6 Å². The molecule has 0 spiro atoms. The number of rotatable bonds is 2. The minimum absolute atomic E-state index is 0.299. The first-order chi connectivity index (χ1) is 7.63. The van der Waals surface area contributed by atoms with Gasteiger partial charge in [0.25, 0.3) is 0 Å². The topological polar surface area (TPSA) is 26.3 Å². The maximum atomic E-state index is 11.6. The molecule has 0 bridgehead atoms. The SMILES string of the molecule is CCOC(=O)c1sc2cc(Cl)ccc2c1Br. The highest BCUT2D eigenvalue weighted by molar-refractivity contribution is 9.10. The van der Waals surface area contributed by atoms with Crippen molar-refractivity contribution in [2.75, 3.05) is 6.61 Å². The standard InChI is InChI=1S/C11H8BrClO2S/c1-2-15-11(14)10-9(12)7-4-3-6(13)5-8(7)16-10/h3-5H,2H2,1H3. The quantitative estimate of drug-likeness (QED) is 0.762. The van der Waals surface area contributed by atoms with Crippen molar-refractivity contribution in [3.8, 4) is 0 Å². The molecule has 0 radical (unpaired) electrons. The number of carbonyl (C=O) groups excluding carboxylic acids is 1. The minimum Gasteiger partial charge on any atom is -0.462 e. The molecule has 0 aliphatic heterocycles. The van der Waals surface area contributed by atoms with Crippen LogP contribution in [0.1, 0.15) is 16.6 Å². The molecular weight excluding hydrogens is 312 g/mol. The van der Waals surface area contributed by atoms with Crippen LogP contribution in [0.5, 0.6) is 0 Å². The number of thiophene rings is 1. The lowest BCUT2D eigenvalue weighted by Crippen LogP contribution is -2.02. The highest BCUT2D eigenvalue weighted by Crippen LogP contribution is 2.37. The number of hydrogen-bond donors (Lipinski definition) is 0. The Labute approximate surface area is 110 Å². The van der Waals surface area contributed by atoms with E-state index in [1.807, 2.05) is 12.1 Å². The van der Waals surface area contributed by atoms with Gasteiger partial charge in [0.15, 0.2) is 0 Å². The highest BCUT2D eigenvalue weighted by Gasteiger charge is 2.17. The first-order valence-electron chi connectivity index (χ1n) is 4.68. The summed E-state index contributed by atoms with van der Waals surface area (Å²) in [5.41, 5.74) is 0. The summed E-state index contributed by atoms with van der Waals surface area (Å²) in [5, 5.41) is 1.65. The van der Waals surface area contributed by atoms with Crippen LogP contribution >= 0.6 is 38.9 Å². The number of halogens is 2. The molecule has 0 aliphatic rings. The van der Waals surface area contributed by atoms with Crippen molar-refractivity contribution in [1.82, 2.24) is 0 Å². The second-order valence-corrected chi connectivity index (χ2v) is 5.39. The zero-order valence-electron chi connectivity index (χ0n) is 8.42. The van der Waals surface area contributed by atoms with Crippen molar-refractivity contribution >= 4 is 54.9 Å². The van der Waals surface area contributed by atoms with Gasteiger partial charge in [-0.2, -0.15) is 0 Å². The third kappa shape index (κ3) is 2.10. The molecule has 1 aromatic heterocycles. The Kier molecular flexibility index (Phi) is 3.52. The zero-order valence-corrected chi connectivity index (χ0v) is 11.6. The zero-order chi connectivity index (χ0) is 11.7. The van der Waals surface area contributed by atoms with Gasteiger partial charge in [-0.25, -0.2) is 4.79 Å². The van der Waals surface area contributed by atoms with Crippen LogP contribution < -0.4 is 0 Å². The Morgan fingerprint density at radius 3 is 3.00 bits per heavy atom. The molecule has 0 amide bonds. The molecule has 0 saturated carbocycles. The number of esters is 1. The lowest BCUT2D eigenvalue weighted by Gasteiger charge is -1.98. The second kappa shape index (κ2) is 4.73. The Hall–Kier alpha value is -0.580. The maximum Gasteiger partial charge on any atom is 0.349 e. The average molecular weight is 320 g/mol. The number of benzene rings is 1. The van der Waals surface area contributed by atoms with Gasteiger partial charge in [0, 0.05) is 15.1 Å². The van der Waals surface area contributed by atoms with Crippen LogP contribution in [0.4, 0.5) is 0 Å². The van der Waals surface area contributed by atoms with Gasteiger partial charge in [0.2, 0.25) is 0 Å². The van der Waals surface area contributed by atoms with E-state index in [0.29, 0.717) is 16.5 Å². The molecule has 84 valence electrons. The van der Waals surface area contributed by atoms with Crippen molar-refractivity contribution in [2.45, 2.75) is 6.92 Å². The van der Waals surface area contributed by atoms with Crippen molar-refractivity contribution in [3.05, 3.63) is 32.6 Å². The van der Waals surface area contributed by atoms with E-state index in [9.17, 15) is 4.79 Å². The van der Waals surface area contributed by atoms with Gasteiger partial charge < -0.3 is 4.74 Å². The number of fused-ring (bicyclic) bond motifs is 1. The smallest absolute Gasteiger partial charge is 0.349 e. The molecule has 0 saturated heterocycles. The van der Waals surface area contributed by atoms with Gasteiger partial charge in [-0.3, -0.25) is 0 Å². The first-order valence-corrected chi connectivity index (χ1v) is 6.67. The van der Waals surface area contributed by atoms with Crippen LogP contribution in [0.25, 0.3) is 10.1 Å². The lowest BCUT2D eigenvalue weighted by atomic mass is 10.2. The molecule has 0 aliphatic carbocycles. The van der Waals surface area contributed by atoms with Gasteiger partial charge >= 0.3 is 5.97 Å². The van der Waals surface area contributed by atoms with Crippen LogP contribution in [0.15, 0.2) is 22.7 Å². The summed E-state index contributed by atoms with van der Waals surface area (Å²) in [6.07, 6.45) is 0. The summed E-state index contributed by atoms with van der Waals surface area (Å²) in [5.74, 6) is -0.299. The Morgan fingerprint density at radius 1 is 1.56 bits per heavy atom. The molecule has 16 heavy (non-hydrogen) atoms. The van der Waals surface area contributed by atoms with E-state index in [-0.39, 0.29) is 5.97 Å². The van der Waals surface area contributed by atoms with Gasteiger partial charge in [-0.05, 0) is 35.0 Å². The summed E-state index contributed by atoms with van der Waals surface area (Å²) < 4.78 is 6.73. The predicted octanol–water partition coefficient (Wildman–Crippen LogP) is 4.49. The molecule has 0 atom stereocenters. The van der Waals surface area contributed by atoms with Gasteiger partial charge in [-0.15, -0.1) is 11.3 Å². The van der Waals surface area contributed by atoms with Gasteiger partial charge in [-0.1, -0.05) is 17.7 Å². The molecule has 2 aromatic rings. The molecule has 0 fully saturated rings. The third-order valence-corrected chi connectivity index (χ3v) is 4.51. The van der Waals surface area contributed by atoms with Gasteiger partial charge in [0.05, 0.1) is 11.1 Å². The largest absolute Gasteiger partial charge is 0.462 e. The number of carbonyl (C=O) groups is 1. The van der Waals surface area contributed by atoms with Crippen LogP contribution in [0.2, 0.25) is 5.02 Å². The monoisotopic (exact) mass is 318 g/mol. The first kappa shape index (κ1) is 11.9. The lowest BCUT2D eigenvalue weighted by molar-refractivity contribution is 0.0531. The van der Waals surface area contributed by atoms with Crippen LogP contribution in [-0.2, 0) is 4.74 Å². The van der Waals surface area contributed by atoms with Crippen molar-refractivity contribution in [1.29, 1.82) is 0 Å². The van der Waals surface area contributed by atoms with E-state index < -0.39 is 0 Å². The van der Waals surface area contributed by atoms with Crippen LogP contribution in [0, 0.1) is 0 Å². The van der Waals surface area contributed by atoms with E-state index in [1.165, 1.54) is 11.3 Å². The van der Waals surface area contributed by atoms with Crippen LogP contribution in [0.3, 0.4) is 0 Å². The Balaban J connectivity index is 2.55. The minimum atomic E-state index is -0.299. The molecule has 2 rings (SSSR count). The Bertz CT molecular complexity index is 550. The number of hydrogen-bond acceptors (Lipinski definition) is 3. The fraction of sp³-hybridized carbons (Fsp3) is 0.182. The normalized spacial score (nSPS) is 10.7. The number of ether oxygens (including phenoxy) is 1. The maximum absolute atomic E-state index is 11.6. The van der Waals surface area contributed by atoms with Gasteiger partial charge in [0.1, 0.15) is 4.88 Å². The summed E-state index contributed by atoms with van der Waals surface area (Å²) in [4.78, 5) is 12.2. The molecule has 0 unspecified atom stereocenters. The van der Waals surface area contributed by atoms with E-state index in [0.717, 1.165) is 14.6 Å². The summed E-state index contributed by atoms with van der Waals surface area (Å²) >= 11 is 10.7. The molecule has 0 N–H and O–H groups in total. The van der Waals surface area contributed by atoms with Crippen molar-refractivity contribution in [3.63, 3.8) is 0 Å². The van der Waals surface area contributed by atoms with Crippen molar-refractivity contribution < 1.29 is 9.53 Å². The van der Waals surface area contributed by atoms with E-state index in [1.54, 1.807) is 13.0 Å².